The zero-order valence-electron chi connectivity index (χ0n) is 12.3. The highest BCUT2D eigenvalue weighted by Gasteiger charge is 2.22. The zero-order chi connectivity index (χ0) is 14.9. The summed E-state index contributed by atoms with van der Waals surface area (Å²) in [7, 11) is 1.76. The molecule has 0 bridgehead atoms. The summed E-state index contributed by atoms with van der Waals surface area (Å²) in [5.41, 5.74) is 2.02. The maximum absolute atomic E-state index is 5.47. The minimum absolute atomic E-state index is 0.372. The fourth-order valence-electron chi connectivity index (χ4n) is 2.74. The number of aryl methyl sites for hydroxylation is 1. The molecule has 0 saturated carbocycles. The lowest BCUT2D eigenvalue weighted by molar-refractivity contribution is 0.193. The normalized spacial score (nSPS) is 18.0. The minimum atomic E-state index is 0.372. The molecule has 22 heavy (non-hydrogen) atoms. The van der Waals surface area contributed by atoms with Crippen LogP contribution >= 0.6 is 0 Å². The Hall–Kier alpha value is -2.54. The Morgan fingerprint density at radius 3 is 2.77 bits per heavy atom. The number of imidazole rings is 1. The van der Waals surface area contributed by atoms with E-state index in [1.807, 2.05) is 36.7 Å². The summed E-state index contributed by atoms with van der Waals surface area (Å²) in [5.74, 6) is 2.06. The number of hydrogen-bond donors (Lipinski definition) is 0. The van der Waals surface area contributed by atoms with Gasteiger partial charge in [-0.05, 0) is 35.9 Å². The van der Waals surface area contributed by atoms with Crippen LogP contribution in [-0.2, 0) is 11.8 Å². The van der Waals surface area contributed by atoms with E-state index in [2.05, 4.69) is 25.0 Å². The molecule has 1 saturated heterocycles. The number of ether oxygens (including phenoxy) is 1. The summed E-state index contributed by atoms with van der Waals surface area (Å²) in [5, 5.41) is 12.1. The van der Waals surface area contributed by atoms with Gasteiger partial charge in [0.25, 0.3) is 0 Å². The van der Waals surface area contributed by atoms with Crippen LogP contribution in [-0.4, -0.2) is 43.0 Å². The van der Waals surface area contributed by atoms with Crippen LogP contribution in [0.2, 0.25) is 0 Å². The van der Waals surface area contributed by atoms with E-state index in [0.717, 1.165) is 36.7 Å². The summed E-state index contributed by atoms with van der Waals surface area (Å²) in [6, 6.07) is 8.10. The van der Waals surface area contributed by atoms with Gasteiger partial charge in [0.05, 0.1) is 13.7 Å². The second-order valence-corrected chi connectivity index (χ2v) is 5.37. The molecule has 0 amide bonds. The molecule has 3 heterocycles. The first kappa shape index (κ1) is 13.1. The molecule has 7 heteroatoms. The van der Waals surface area contributed by atoms with Gasteiger partial charge in [-0.25, -0.2) is 4.98 Å². The van der Waals surface area contributed by atoms with Gasteiger partial charge < -0.3 is 9.30 Å². The zero-order valence-corrected chi connectivity index (χ0v) is 12.3. The molecule has 4 rings (SSSR count). The maximum Gasteiger partial charge on any atom is 0.204 e. The van der Waals surface area contributed by atoms with E-state index in [0.29, 0.717) is 11.7 Å². The van der Waals surface area contributed by atoms with Crippen molar-refractivity contribution in [2.75, 3.05) is 13.2 Å². The molecule has 7 nitrogen and oxygen atoms in total. The quantitative estimate of drug-likeness (QED) is 0.733. The van der Waals surface area contributed by atoms with E-state index in [-0.39, 0.29) is 0 Å². The van der Waals surface area contributed by atoms with Crippen molar-refractivity contribution >= 4 is 0 Å². The molecule has 0 N–H and O–H groups in total. The van der Waals surface area contributed by atoms with E-state index in [9.17, 15) is 0 Å². The molecular formula is C15H16N6O. The highest BCUT2D eigenvalue weighted by molar-refractivity contribution is 5.56. The molecule has 1 aromatic carbocycles. The molecule has 0 aliphatic carbocycles. The van der Waals surface area contributed by atoms with Crippen molar-refractivity contribution in [2.45, 2.75) is 12.3 Å². The fraction of sp³-hybridized carbons (Fsp3) is 0.333. The standard InChI is InChI=1S/C15H16N6O/c1-20-18-14(17-19-20)11-2-4-13(5-3-11)21-8-7-16-15(21)12-6-9-22-10-12/h2-5,7-8,12H,6,9-10H2,1H3. The smallest absolute Gasteiger partial charge is 0.204 e. The van der Waals surface area contributed by atoms with Crippen molar-refractivity contribution in [3.05, 3.63) is 42.5 Å². The number of rotatable bonds is 3. The third-order valence-electron chi connectivity index (χ3n) is 3.88. The van der Waals surface area contributed by atoms with E-state index in [1.165, 1.54) is 4.80 Å². The highest BCUT2D eigenvalue weighted by Crippen LogP contribution is 2.26. The first-order valence-corrected chi connectivity index (χ1v) is 7.27. The van der Waals surface area contributed by atoms with Gasteiger partial charge >= 0.3 is 0 Å². The van der Waals surface area contributed by atoms with Crippen LogP contribution in [0.4, 0.5) is 0 Å². The number of aromatic nitrogens is 6. The molecule has 112 valence electrons. The average molecular weight is 296 g/mol. The van der Waals surface area contributed by atoms with Gasteiger partial charge in [-0.2, -0.15) is 4.80 Å². The van der Waals surface area contributed by atoms with Gasteiger partial charge in [-0.15, -0.1) is 10.2 Å². The number of nitrogens with zero attached hydrogens (tertiary/aromatic N) is 6. The molecule has 1 unspecified atom stereocenters. The molecule has 2 aromatic heterocycles. The predicted octanol–water partition coefficient (Wildman–Crippen LogP) is 1.57. The van der Waals surface area contributed by atoms with Crippen molar-refractivity contribution < 1.29 is 4.74 Å². The number of benzene rings is 1. The lowest BCUT2D eigenvalue weighted by Gasteiger charge is -2.12. The highest BCUT2D eigenvalue weighted by atomic mass is 16.5. The molecule has 0 spiro atoms. The van der Waals surface area contributed by atoms with Crippen LogP contribution in [0.25, 0.3) is 17.1 Å². The second-order valence-electron chi connectivity index (χ2n) is 5.37. The molecule has 1 fully saturated rings. The Kier molecular flexibility index (Phi) is 3.19. The molecule has 0 radical (unpaired) electrons. The Morgan fingerprint density at radius 2 is 2.09 bits per heavy atom. The van der Waals surface area contributed by atoms with E-state index in [4.69, 9.17) is 4.74 Å². The minimum Gasteiger partial charge on any atom is -0.381 e. The summed E-state index contributed by atoms with van der Waals surface area (Å²) in [4.78, 5) is 5.96. The topological polar surface area (TPSA) is 70.7 Å². The Bertz CT molecular complexity index is 769. The van der Waals surface area contributed by atoms with Crippen molar-refractivity contribution in [1.82, 2.24) is 29.8 Å². The Balaban J connectivity index is 1.65. The van der Waals surface area contributed by atoms with Crippen LogP contribution in [0, 0.1) is 0 Å². The number of tetrazole rings is 1. The first-order valence-electron chi connectivity index (χ1n) is 7.27. The second kappa shape index (κ2) is 5.34. The summed E-state index contributed by atoms with van der Waals surface area (Å²) in [6.45, 7) is 1.56. The predicted molar refractivity (Wildman–Crippen MR) is 79.5 cm³/mol. The summed E-state index contributed by atoms with van der Waals surface area (Å²) >= 11 is 0. The third kappa shape index (κ3) is 2.29. The maximum atomic E-state index is 5.47. The van der Waals surface area contributed by atoms with E-state index < -0.39 is 0 Å². The SMILES string of the molecule is Cn1nnc(-c2ccc(-n3ccnc3C3CCOC3)cc2)n1. The Labute approximate surface area is 127 Å². The van der Waals surface area contributed by atoms with Gasteiger partial charge in [-0.1, -0.05) is 0 Å². The van der Waals surface area contributed by atoms with E-state index >= 15 is 0 Å². The fourth-order valence-corrected chi connectivity index (χ4v) is 2.74. The molecule has 1 aliphatic heterocycles. The van der Waals surface area contributed by atoms with Crippen LogP contribution in [0.3, 0.4) is 0 Å². The van der Waals surface area contributed by atoms with Gasteiger partial charge in [0.2, 0.25) is 5.82 Å². The van der Waals surface area contributed by atoms with Crippen LogP contribution < -0.4 is 0 Å². The Morgan fingerprint density at radius 1 is 1.23 bits per heavy atom. The first-order chi connectivity index (χ1) is 10.8. The lowest BCUT2D eigenvalue weighted by Crippen LogP contribution is -2.07. The van der Waals surface area contributed by atoms with E-state index in [1.54, 1.807) is 7.05 Å². The third-order valence-corrected chi connectivity index (χ3v) is 3.88. The summed E-state index contributed by atoms with van der Waals surface area (Å²) in [6.07, 6.45) is 4.85. The van der Waals surface area contributed by atoms with Crippen LogP contribution in [0.5, 0.6) is 0 Å². The molecule has 3 aromatic rings. The average Bonchev–Trinajstić information content (AvgIpc) is 3.28. The van der Waals surface area contributed by atoms with Crippen molar-refractivity contribution in [2.24, 2.45) is 7.05 Å². The largest absolute Gasteiger partial charge is 0.381 e. The van der Waals surface area contributed by atoms with Gasteiger partial charge in [0.1, 0.15) is 5.82 Å². The van der Waals surface area contributed by atoms with Crippen molar-refractivity contribution in [1.29, 1.82) is 0 Å². The van der Waals surface area contributed by atoms with Crippen molar-refractivity contribution in [3.8, 4) is 17.1 Å². The van der Waals surface area contributed by atoms with Crippen molar-refractivity contribution in [3.63, 3.8) is 0 Å². The van der Waals surface area contributed by atoms with Gasteiger partial charge in [0, 0.05) is 36.2 Å². The summed E-state index contributed by atoms with van der Waals surface area (Å²) < 4.78 is 7.59. The van der Waals surface area contributed by atoms with Gasteiger partial charge in [0.15, 0.2) is 0 Å². The monoisotopic (exact) mass is 296 g/mol. The number of hydrogen-bond acceptors (Lipinski definition) is 5. The molecule has 1 atom stereocenters. The van der Waals surface area contributed by atoms with Gasteiger partial charge in [-0.3, -0.25) is 0 Å². The molecule has 1 aliphatic rings. The lowest BCUT2D eigenvalue weighted by atomic mass is 10.1. The van der Waals surface area contributed by atoms with Crippen LogP contribution in [0.1, 0.15) is 18.2 Å². The molecular weight excluding hydrogens is 280 g/mol. The van der Waals surface area contributed by atoms with Crippen LogP contribution in [0.15, 0.2) is 36.7 Å².